The molecule has 0 bridgehead atoms. The molecule has 0 amide bonds. The lowest BCUT2D eigenvalue weighted by Crippen LogP contribution is -2.43. The minimum atomic E-state index is 0.396. The van der Waals surface area contributed by atoms with Gasteiger partial charge < -0.3 is 14.9 Å². The van der Waals surface area contributed by atoms with Gasteiger partial charge >= 0.3 is 0 Å². The predicted molar refractivity (Wildman–Crippen MR) is 98.1 cm³/mol. The molecule has 2 unspecified atom stereocenters. The Morgan fingerprint density at radius 2 is 2.04 bits per heavy atom. The van der Waals surface area contributed by atoms with E-state index in [1.807, 2.05) is 12.1 Å². The summed E-state index contributed by atoms with van der Waals surface area (Å²) in [6.07, 6.45) is 6.57. The summed E-state index contributed by atoms with van der Waals surface area (Å²) >= 11 is 0. The third kappa shape index (κ3) is 5.82. The largest absolute Gasteiger partial charge is 0.508 e. The van der Waals surface area contributed by atoms with Crippen molar-refractivity contribution in [1.29, 1.82) is 0 Å². The maximum atomic E-state index is 9.81. The van der Waals surface area contributed by atoms with Crippen molar-refractivity contribution in [3.05, 3.63) is 29.8 Å². The molecule has 1 heterocycles. The summed E-state index contributed by atoms with van der Waals surface area (Å²) in [7, 11) is 4.33. The Labute approximate surface area is 142 Å². The number of hydrogen-bond donors (Lipinski definition) is 1. The third-order valence-corrected chi connectivity index (χ3v) is 5.04. The van der Waals surface area contributed by atoms with Crippen LogP contribution in [0.25, 0.3) is 0 Å². The van der Waals surface area contributed by atoms with Crippen molar-refractivity contribution in [2.24, 2.45) is 5.92 Å². The Balaban J connectivity index is 1.97. The maximum absolute atomic E-state index is 9.81. The van der Waals surface area contributed by atoms with Gasteiger partial charge in [-0.1, -0.05) is 38.3 Å². The molecule has 3 heteroatoms. The van der Waals surface area contributed by atoms with Crippen LogP contribution < -0.4 is 0 Å². The highest BCUT2D eigenvalue weighted by molar-refractivity contribution is 5.30. The maximum Gasteiger partial charge on any atom is 0.115 e. The summed E-state index contributed by atoms with van der Waals surface area (Å²) in [6.45, 7) is 7.01. The molecule has 0 spiro atoms. The molecular weight excluding hydrogens is 284 g/mol. The van der Waals surface area contributed by atoms with Crippen LogP contribution in [0.1, 0.15) is 50.5 Å². The first kappa shape index (κ1) is 18.3. The lowest BCUT2D eigenvalue weighted by Gasteiger charge is -2.40. The number of unbranched alkanes of at least 4 members (excludes halogenated alkanes) is 3. The van der Waals surface area contributed by atoms with Gasteiger partial charge in [-0.15, -0.1) is 0 Å². The summed E-state index contributed by atoms with van der Waals surface area (Å²) in [6, 6.07) is 7.90. The minimum Gasteiger partial charge on any atom is -0.508 e. The number of rotatable bonds is 8. The number of nitrogens with zero attached hydrogens (tertiary/aromatic N) is 2. The molecule has 1 aromatic carbocycles. The normalized spacial score (nSPS) is 22.6. The van der Waals surface area contributed by atoms with Crippen LogP contribution in [-0.2, 0) is 0 Å². The summed E-state index contributed by atoms with van der Waals surface area (Å²) in [5, 5.41) is 9.81. The van der Waals surface area contributed by atoms with Crippen molar-refractivity contribution in [2.75, 3.05) is 40.3 Å². The van der Waals surface area contributed by atoms with E-state index in [0.29, 0.717) is 17.6 Å². The van der Waals surface area contributed by atoms with E-state index in [1.165, 1.54) is 57.3 Å². The van der Waals surface area contributed by atoms with Crippen LogP contribution in [-0.4, -0.2) is 55.2 Å². The van der Waals surface area contributed by atoms with Crippen molar-refractivity contribution in [3.8, 4) is 5.75 Å². The molecular formula is C20H34N2O. The fourth-order valence-corrected chi connectivity index (χ4v) is 3.92. The molecule has 0 aromatic heterocycles. The topological polar surface area (TPSA) is 26.7 Å². The molecule has 1 fully saturated rings. The highest BCUT2D eigenvalue weighted by atomic mass is 16.3. The number of hydrogen-bond acceptors (Lipinski definition) is 3. The Morgan fingerprint density at radius 1 is 1.22 bits per heavy atom. The molecule has 1 aliphatic heterocycles. The van der Waals surface area contributed by atoms with Crippen molar-refractivity contribution in [3.63, 3.8) is 0 Å². The summed E-state index contributed by atoms with van der Waals surface area (Å²) in [5.41, 5.74) is 1.31. The third-order valence-electron chi connectivity index (χ3n) is 5.04. The number of likely N-dealkylation sites (tertiary alicyclic amines) is 1. The molecule has 130 valence electrons. The summed E-state index contributed by atoms with van der Waals surface area (Å²) < 4.78 is 0. The molecule has 23 heavy (non-hydrogen) atoms. The van der Waals surface area contributed by atoms with Crippen LogP contribution in [0, 0.1) is 5.92 Å². The number of phenolic OH excluding ortho intramolecular Hbond substituents is 1. The van der Waals surface area contributed by atoms with Gasteiger partial charge in [0.1, 0.15) is 5.75 Å². The van der Waals surface area contributed by atoms with Gasteiger partial charge in [-0.25, -0.2) is 0 Å². The van der Waals surface area contributed by atoms with E-state index in [9.17, 15) is 5.11 Å². The zero-order valence-corrected chi connectivity index (χ0v) is 15.2. The van der Waals surface area contributed by atoms with E-state index in [0.717, 1.165) is 6.54 Å². The lowest BCUT2D eigenvalue weighted by molar-refractivity contribution is 0.129. The first-order valence-electron chi connectivity index (χ1n) is 9.26. The van der Waals surface area contributed by atoms with Crippen LogP contribution in [0.3, 0.4) is 0 Å². The quantitative estimate of drug-likeness (QED) is 0.736. The number of phenols is 1. The predicted octanol–water partition coefficient (Wildman–Crippen LogP) is 3.94. The van der Waals surface area contributed by atoms with Crippen molar-refractivity contribution >= 4 is 0 Å². The van der Waals surface area contributed by atoms with Crippen molar-refractivity contribution < 1.29 is 5.11 Å². The van der Waals surface area contributed by atoms with Gasteiger partial charge in [-0.05, 0) is 69.6 Å². The second kappa shape index (κ2) is 9.29. The van der Waals surface area contributed by atoms with Crippen LogP contribution in [0.5, 0.6) is 5.75 Å². The molecule has 3 nitrogen and oxygen atoms in total. The molecule has 1 N–H and O–H groups in total. The molecule has 1 saturated heterocycles. The zero-order valence-electron chi connectivity index (χ0n) is 15.2. The highest BCUT2D eigenvalue weighted by Gasteiger charge is 2.30. The molecule has 0 aliphatic carbocycles. The summed E-state index contributed by atoms with van der Waals surface area (Å²) in [5.74, 6) is 1.61. The van der Waals surface area contributed by atoms with Gasteiger partial charge in [0.15, 0.2) is 0 Å². The Hall–Kier alpha value is -1.06. The van der Waals surface area contributed by atoms with Gasteiger partial charge in [0.05, 0.1) is 0 Å². The smallest absolute Gasteiger partial charge is 0.115 e. The van der Waals surface area contributed by atoms with Crippen LogP contribution in [0.4, 0.5) is 0 Å². The van der Waals surface area contributed by atoms with E-state index in [1.54, 1.807) is 6.07 Å². The van der Waals surface area contributed by atoms with Gasteiger partial charge in [0.2, 0.25) is 0 Å². The van der Waals surface area contributed by atoms with E-state index < -0.39 is 0 Å². The Kier molecular flexibility index (Phi) is 7.38. The Morgan fingerprint density at radius 3 is 2.74 bits per heavy atom. The average molecular weight is 319 g/mol. The highest BCUT2D eigenvalue weighted by Crippen LogP contribution is 2.34. The van der Waals surface area contributed by atoms with Gasteiger partial charge in [-0.3, -0.25) is 0 Å². The number of benzene rings is 1. The summed E-state index contributed by atoms with van der Waals surface area (Å²) in [4.78, 5) is 4.96. The second-order valence-corrected chi connectivity index (χ2v) is 7.37. The molecule has 2 atom stereocenters. The van der Waals surface area contributed by atoms with Gasteiger partial charge in [-0.2, -0.15) is 0 Å². The minimum absolute atomic E-state index is 0.396. The van der Waals surface area contributed by atoms with E-state index in [-0.39, 0.29) is 0 Å². The van der Waals surface area contributed by atoms with Crippen LogP contribution in [0.2, 0.25) is 0 Å². The van der Waals surface area contributed by atoms with Crippen molar-refractivity contribution in [2.45, 2.75) is 44.9 Å². The SMILES string of the molecule is CCCCCCN1CCC(c2cccc(O)c2)C(CN(C)C)C1. The van der Waals surface area contributed by atoms with E-state index in [2.05, 4.69) is 36.9 Å². The molecule has 1 aliphatic rings. The Bertz CT molecular complexity index is 461. The van der Waals surface area contributed by atoms with E-state index in [4.69, 9.17) is 0 Å². The van der Waals surface area contributed by atoms with Crippen LogP contribution >= 0.6 is 0 Å². The monoisotopic (exact) mass is 318 g/mol. The number of aromatic hydroxyl groups is 1. The van der Waals surface area contributed by atoms with Crippen LogP contribution in [0.15, 0.2) is 24.3 Å². The second-order valence-electron chi connectivity index (χ2n) is 7.37. The average Bonchev–Trinajstić information content (AvgIpc) is 2.51. The van der Waals surface area contributed by atoms with Gasteiger partial charge in [0.25, 0.3) is 0 Å². The van der Waals surface area contributed by atoms with E-state index >= 15 is 0 Å². The molecule has 0 radical (unpaired) electrons. The molecule has 1 aromatic rings. The van der Waals surface area contributed by atoms with Gasteiger partial charge in [0, 0.05) is 13.1 Å². The zero-order chi connectivity index (χ0) is 16.7. The first-order valence-corrected chi connectivity index (χ1v) is 9.26. The lowest BCUT2D eigenvalue weighted by atomic mass is 9.80. The fourth-order valence-electron chi connectivity index (χ4n) is 3.92. The van der Waals surface area contributed by atoms with Crippen molar-refractivity contribution in [1.82, 2.24) is 9.80 Å². The molecule has 2 rings (SSSR count). The number of piperidine rings is 1. The first-order chi connectivity index (χ1) is 11.1. The standard InChI is InChI=1S/C20H34N2O/c1-4-5-6-7-12-22-13-11-20(18(16-22)15-21(2)3)17-9-8-10-19(23)14-17/h8-10,14,18,20,23H,4-7,11-13,15-16H2,1-3H3. The molecule has 0 saturated carbocycles. The fraction of sp³-hybridized carbons (Fsp3) is 0.700.